The molecule has 3 aromatic carbocycles. The third-order valence-electron chi connectivity index (χ3n) is 6.70. The van der Waals surface area contributed by atoms with Crippen LogP contribution in [-0.4, -0.2) is 20.2 Å². The van der Waals surface area contributed by atoms with Gasteiger partial charge >= 0.3 is 5.97 Å². The Balaban J connectivity index is 2.03. The van der Waals surface area contributed by atoms with E-state index in [0.717, 1.165) is 45.8 Å². The first-order valence-corrected chi connectivity index (χ1v) is 12.2. The van der Waals surface area contributed by atoms with Crippen LogP contribution >= 0.6 is 15.9 Å². The Morgan fingerprint density at radius 3 is 2.30 bits per heavy atom. The zero-order chi connectivity index (χ0) is 23.9. The Bertz CT molecular complexity index is 1210. The topological polar surface area (TPSA) is 44.8 Å². The number of carbonyl (C=O) groups excluding carboxylic acids is 1. The van der Waals surface area contributed by atoms with Crippen LogP contribution in [0.2, 0.25) is 0 Å². The van der Waals surface area contributed by atoms with E-state index in [4.69, 9.17) is 14.2 Å². The first-order chi connectivity index (χ1) is 15.7. The van der Waals surface area contributed by atoms with Gasteiger partial charge in [0.2, 0.25) is 0 Å². The standard InChI is InChI=1S/C28H31BrO4/c1-16(2)20-14-21-22(27(30)33-18-11-9-17(29)10-12-18)15-23-19(8-7-13-28(23,3)4)24(21)26(32-6)25(20)31-5/h9-12,14-16H,7-8,13H2,1-6H3. The molecule has 3 aromatic rings. The predicted octanol–water partition coefficient (Wildman–Crippen LogP) is 7.58. The summed E-state index contributed by atoms with van der Waals surface area (Å²) >= 11 is 3.43. The van der Waals surface area contributed by atoms with Crippen molar-refractivity contribution < 1.29 is 19.0 Å². The number of hydrogen-bond donors (Lipinski definition) is 0. The molecular formula is C28H31BrO4. The molecule has 0 saturated carbocycles. The zero-order valence-electron chi connectivity index (χ0n) is 20.2. The van der Waals surface area contributed by atoms with Crippen molar-refractivity contribution in [3.63, 3.8) is 0 Å². The average Bonchev–Trinajstić information content (AvgIpc) is 2.78. The highest BCUT2D eigenvalue weighted by Gasteiger charge is 2.33. The first kappa shape index (κ1) is 23.6. The summed E-state index contributed by atoms with van der Waals surface area (Å²) in [6.45, 7) is 8.72. The van der Waals surface area contributed by atoms with Gasteiger partial charge in [-0.05, 0) is 78.1 Å². The fourth-order valence-corrected chi connectivity index (χ4v) is 5.25. The molecule has 0 fully saturated rings. The van der Waals surface area contributed by atoms with E-state index in [1.54, 1.807) is 26.4 Å². The Morgan fingerprint density at radius 2 is 1.70 bits per heavy atom. The lowest BCUT2D eigenvalue weighted by Gasteiger charge is -2.34. The van der Waals surface area contributed by atoms with Crippen molar-refractivity contribution in [1.29, 1.82) is 0 Å². The van der Waals surface area contributed by atoms with E-state index in [9.17, 15) is 4.79 Å². The molecule has 0 heterocycles. The van der Waals surface area contributed by atoms with Crippen LogP contribution in [0, 0.1) is 0 Å². The molecular weight excluding hydrogens is 480 g/mol. The van der Waals surface area contributed by atoms with Crippen molar-refractivity contribution in [3.8, 4) is 17.2 Å². The summed E-state index contributed by atoms with van der Waals surface area (Å²) in [4.78, 5) is 13.5. The van der Waals surface area contributed by atoms with Gasteiger partial charge in [0.05, 0.1) is 19.8 Å². The minimum atomic E-state index is -0.367. The van der Waals surface area contributed by atoms with E-state index in [0.29, 0.717) is 17.1 Å². The average molecular weight is 511 g/mol. The highest BCUT2D eigenvalue weighted by molar-refractivity contribution is 9.10. The van der Waals surface area contributed by atoms with Crippen LogP contribution in [-0.2, 0) is 11.8 Å². The van der Waals surface area contributed by atoms with E-state index in [1.165, 1.54) is 11.1 Å². The van der Waals surface area contributed by atoms with Gasteiger partial charge in [-0.3, -0.25) is 0 Å². The van der Waals surface area contributed by atoms with E-state index in [1.807, 2.05) is 18.2 Å². The molecule has 174 valence electrons. The van der Waals surface area contributed by atoms with E-state index >= 15 is 0 Å². The quantitative estimate of drug-likeness (QED) is 0.262. The molecule has 0 amide bonds. The summed E-state index contributed by atoms with van der Waals surface area (Å²) in [5.41, 5.74) is 3.94. The summed E-state index contributed by atoms with van der Waals surface area (Å²) in [5.74, 6) is 1.78. The van der Waals surface area contributed by atoms with Crippen LogP contribution in [0.15, 0.2) is 40.9 Å². The van der Waals surface area contributed by atoms with Gasteiger partial charge in [0, 0.05) is 20.8 Å². The third kappa shape index (κ3) is 4.23. The van der Waals surface area contributed by atoms with Crippen molar-refractivity contribution in [1.82, 2.24) is 0 Å². The van der Waals surface area contributed by atoms with E-state index in [-0.39, 0.29) is 17.3 Å². The second-order valence-corrected chi connectivity index (χ2v) is 10.6. The molecule has 0 unspecified atom stereocenters. The van der Waals surface area contributed by atoms with E-state index in [2.05, 4.69) is 49.7 Å². The molecule has 5 heteroatoms. The summed E-state index contributed by atoms with van der Waals surface area (Å²) < 4.78 is 18.6. The number of rotatable bonds is 5. The Morgan fingerprint density at radius 1 is 1.03 bits per heavy atom. The van der Waals surface area contributed by atoms with Crippen LogP contribution in [0.5, 0.6) is 17.2 Å². The molecule has 1 aliphatic carbocycles. The number of aryl methyl sites for hydroxylation is 1. The maximum Gasteiger partial charge on any atom is 0.344 e. The number of esters is 1. The van der Waals surface area contributed by atoms with Crippen LogP contribution in [0.3, 0.4) is 0 Å². The van der Waals surface area contributed by atoms with Crippen molar-refractivity contribution in [3.05, 3.63) is 63.1 Å². The molecule has 1 aliphatic rings. The number of ether oxygens (including phenoxy) is 3. The van der Waals surface area contributed by atoms with Gasteiger partial charge in [-0.15, -0.1) is 0 Å². The van der Waals surface area contributed by atoms with Crippen molar-refractivity contribution in [2.45, 2.75) is 58.3 Å². The molecule has 4 rings (SSSR count). The molecule has 0 spiro atoms. The predicted molar refractivity (Wildman–Crippen MR) is 136 cm³/mol. The Hall–Kier alpha value is -2.53. The highest BCUT2D eigenvalue weighted by atomic mass is 79.9. The van der Waals surface area contributed by atoms with Crippen LogP contribution in [0.4, 0.5) is 0 Å². The maximum absolute atomic E-state index is 13.5. The van der Waals surface area contributed by atoms with Gasteiger partial charge < -0.3 is 14.2 Å². The van der Waals surface area contributed by atoms with Crippen molar-refractivity contribution in [2.24, 2.45) is 0 Å². The Kier molecular flexibility index (Phi) is 6.45. The van der Waals surface area contributed by atoms with Crippen LogP contribution in [0.1, 0.15) is 73.5 Å². The number of carbonyl (C=O) groups is 1. The minimum Gasteiger partial charge on any atom is -0.493 e. The largest absolute Gasteiger partial charge is 0.493 e. The van der Waals surface area contributed by atoms with E-state index < -0.39 is 0 Å². The number of hydrogen-bond acceptors (Lipinski definition) is 4. The number of halogens is 1. The van der Waals surface area contributed by atoms with Gasteiger partial charge in [0.25, 0.3) is 0 Å². The van der Waals surface area contributed by atoms with Crippen LogP contribution < -0.4 is 14.2 Å². The fourth-order valence-electron chi connectivity index (χ4n) is 4.99. The van der Waals surface area contributed by atoms with Gasteiger partial charge in [0.15, 0.2) is 11.5 Å². The summed E-state index contributed by atoms with van der Waals surface area (Å²) in [6, 6.07) is 11.4. The lowest BCUT2D eigenvalue weighted by Crippen LogP contribution is -2.25. The van der Waals surface area contributed by atoms with Gasteiger partial charge in [0.1, 0.15) is 5.75 Å². The third-order valence-corrected chi connectivity index (χ3v) is 7.23. The molecule has 0 bridgehead atoms. The number of methoxy groups -OCH3 is 2. The normalized spacial score (nSPS) is 14.8. The van der Waals surface area contributed by atoms with Crippen molar-refractivity contribution in [2.75, 3.05) is 14.2 Å². The summed E-state index contributed by atoms with van der Waals surface area (Å²) in [6.07, 6.45) is 3.10. The summed E-state index contributed by atoms with van der Waals surface area (Å²) in [7, 11) is 3.35. The molecule has 0 aliphatic heterocycles. The van der Waals surface area contributed by atoms with Gasteiger partial charge in [-0.25, -0.2) is 4.79 Å². The molecule has 0 saturated heterocycles. The smallest absolute Gasteiger partial charge is 0.344 e. The monoisotopic (exact) mass is 510 g/mol. The zero-order valence-corrected chi connectivity index (χ0v) is 21.8. The second-order valence-electron chi connectivity index (χ2n) is 9.64. The number of fused-ring (bicyclic) bond motifs is 3. The fraction of sp³-hybridized carbons (Fsp3) is 0.393. The minimum absolute atomic E-state index is 0.0522. The lowest BCUT2D eigenvalue weighted by molar-refractivity contribution is 0.0736. The second kappa shape index (κ2) is 9.02. The van der Waals surface area contributed by atoms with Gasteiger partial charge in [-0.1, -0.05) is 43.6 Å². The first-order valence-electron chi connectivity index (χ1n) is 11.4. The molecule has 0 aromatic heterocycles. The van der Waals surface area contributed by atoms with Gasteiger partial charge in [-0.2, -0.15) is 0 Å². The summed E-state index contributed by atoms with van der Waals surface area (Å²) in [5, 5.41) is 1.82. The van der Waals surface area contributed by atoms with Crippen LogP contribution in [0.25, 0.3) is 10.8 Å². The molecule has 0 radical (unpaired) electrons. The SMILES string of the molecule is COc1c(C(C)C)cc2c(C(=O)Oc3ccc(Br)cc3)cc3c(c2c1OC)CCCC3(C)C. The maximum atomic E-state index is 13.5. The Labute approximate surface area is 204 Å². The highest BCUT2D eigenvalue weighted by Crippen LogP contribution is 2.49. The molecule has 4 nitrogen and oxygen atoms in total. The number of benzene rings is 3. The molecule has 33 heavy (non-hydrogen) atoms. The lowest BCUT2D eigenvalue weighted by atomic mass is 9.70. The molecule has 0 N–H and O–H groups in total. The molecule has 0 atom stereocenters. The van der Waals surface area contributed by atoms with Crippen molar-refractivity contribution >= 4 is 32.7 Å².